The molecule has 1 aliphatic heterocycles. The number of nitrogens with zero attached hydrogens (tertiary/aromatic N) is 3. The summed E-state index contributed by atoms with van der Waals surface area (Å²) in [6.07, 6.45) is 0.262. The summed E-state index contributed by atoms with van der Waals surface area (Å²) in [4.78, 5) is 38.2. The third-order valence-corrected chi connectivity index (χ3v) is 5.52. The minimum absolute atomic E-state index is 0.226. The van der Waals surface area contributed by atoms with Crippen LogP contribution >= 0.6 is 0 Å². The van der Waals surface area contributed by atoms with Gasteiger partial charge in [-0.25, -0.2) is 4.79 Å². The highest BCUT2D eigenvalue weighted by Crippen LogP contribution is 2.30. The Kier molecular flexibility index (Phi) is 6.04. The van der Waals surface area contributed by atoms with Crippen molar-refractivity contribution in [3.8, 4) is 11.5 Å². The van der Waals surface area contributed by atoms with Crippen LogP contribution in [0, 0.1) is 0 Å². The zero-order valence-corrected chi connectivity index (χ0v) is 18.3. The largest absolute Gasteiger partial charge is 0.486 e. The van der Waals surface area contributed by atoms with Gasteiger partial charge in [0, 0.05) is 34.4 Å². The quantitative estimate of drug-likeness (QED) is 0.539. The molecule has 0 unspecified atom stereocenters. The Labute approximate surface area is 183 Å². The molecule has 0 fully saturated rings. The number of carbonyl (C=O) groups excluding carboxylic acids is 1. The molecular formula is C22H26N4O6. The van der Waals surface area contributed by atoms with Gasteiger partial charge in [0.15, 0.2) is 11.5 Å². The van der Waals surface area contributed by atoms with E-state index in [1.807, 2.05) is 24.3 Å². The van der Waals surface area contributed by atoms with E-state index in [-0.39, 0.29) is 18.6 Å². The molecule has 0 saturated carbocycles. The van der Waals surface area contributed by atoms with E-state index < -0.39 is 11.2 Å². The summed E-state index contributed by atoms with van der Waals surface area (Å²) >= 11 is 0. The Bertz CT molecular complexity index is 1270. The normalized spacial score (nSPS) is 15.2. The number of ether oxygens (including phenoxy) is 3. The van der Waals surface area contributed by atoms with Crippen molar-refractivity contribution in [1.29, 1.82) is 0 Å². The molecule has 3 heterocycles. The van der Waals surface area contributed by atoms with E-state index in [0.717, 1.165) is 4.57 Å². The Morgan fingerprint density at radius 1 is 1.19 bits per heavy atom. The van der Waals surface area contributed by atoms with Gasteiger partial charge in [0.05, 0.1) is 11.9 Å². The van der Waals surface area contributed by atoms with E-state index in [1.165, 1.54) is 17.7 Å². The summed E-state index contributed by atoms with van der Waals surface area (Å²) in [6, 6.07) is 8.89. The number of fused-ring (bicyclic) bond motifs is 2. The lowest BCUT2D eigenvalue weighted by molar-refractivity contribution is 0.0783. The lowest BCUT2D eigenvalue weighted by Gasteiger charge is -2.26. The van der Waals surface area contributed by atoms with Crippen LogP contribution in [0.2, 0.25) is 0 Å². The minimum atomic E-state index is -0.452. The number of methoxy groups -OCH3 is 1. The van der Waals surface area contributed by atoms with Crippen molar-refractivity contribution in [3.05, 3.63) is 56.9 Å². The van der Waals surface area contributed by atoms with Gasteiger partial charge >= 0.3 is 5.69 Å². The van der Waals surface area contributed by atoms with Crippen LogP contribution in [0.5, 0.6) is 11.5 Å². The third-order valence-electron chi connectivity index (χ3n) is 5.52. The fourth-order valence-electron chi connectivity index (χ4n) is 3.88. The predicted octanol–water partition coefficient (Wildman–Crippen LogP) is 0.645. The summed E-state index contributed by atoms with van der Waals surface area (Å²) in [5.41, 5.74) is -0.188. The Balaban J connectivity index is 1.61. The monoisotopic (exact) mass is 442 g/mol. The van der Waals surface area contributed by atoms with Crippen molar-refractivity contribution < 1.29 is 19.0 Å². The molecule has 1 atom stereocenters. The number of benzene rings is 1. The van der Waals surface area contributed by atoms with Gasteiger partial charge in [-0.05, 0) is 24.6 Å². The average Bonchev–Trinajstić information content (AvgIpc) is 3.19. The number of hydrogen-bond donors (Lipinski definition) is 1. The Morgan fingerprint density at radius 3 is 2.69 bits per heavy atom. The molecule has 170 valence electrons. The van der Waals surface area contributed by atoms with Gasteiger partial charge in [-0.2, -0.15) is 0 Å². The van der Waals surface area contributed by atoms with Crippen molar-refractivity contribution in [1.82, 2.24) is 19.0 Å². The molecule has 1 N–H and O–H groups in total. The first-order valence-corrected chi connectivity index (χ1v) is 10.4. The van der Waals surface area contributed by atoms with Crippen molar-refractivity contribution in [3.63, 3.8) is 0 Å². The van der Waals surface area contributed by atoms with Crippen LogP contribution in [0.3, 0.4) is 0 Å². The summed E-state index contributed by atoms with van der Waals surface area (Å²) in [7, 11) is 4.60. The Morgan fingerprint density at radius 2 is 1.94 bits per heavy atom. The number of aryl methyl sites for hydroxylation is 2. The first-order chi connectivity index (χ1) is 15.4. The smallest absolute Gasteiger partial charge is 0.332 e. The van der Waals surface area contributed by atoms with E-state index in [1.54, 1.807) is 18.7 Å². The number of amides is 1. The van der Waals surface area contributed by atoms with Crippen molar-refractivity contribution in [2.24, 2.45) is 14.1 Å². The summed E-state index contributed by atoms with van der Waals surface area (Å²) in [5.74, 6) is 0.936. The maximum absolute atomic E-state index is 13.1. The number of rotatable bonds is 7. The first-order valence-electron chi connectivity index (χ1n) is 10.4. The fourth-order valence-corrected chi connectivity index (χ4v) is 3.88. The van der Waals surface area contributed by atoms with Crippen LogP contribution in [0.25, 0.3) is 11.0 Å². The molecule has 1 amide bonds. The van der Waals surface area contributed by atoms with Gasteiger partial charge in [0.25, 0.3) is 11.5 Å². The van der Waals surface area contributed by atoms with Crippen LogP contribution in [-0.2, 0) is 25.4 Å². The topological polar surface area (TPSA) is 106 Å². The fraction of sp³-hybridized carbons (Fsp3) is 0.409. The highest BCUT2D eigenvalue weighted by molar-refractivity contribution is 5.97. The Hall–Kier alpha value is -3.53. The van der Waals surface area contributed by atoms with Crippen LogP contribution in [0.4, 0.5) is 0 Å². The molecular weight excluding hydrogens is 416 g/mol. The van der Waals surface area contributed by atoms with Crippen molar-refractivity contribution in [2.45, 2.75) is 19.1 Å². The molecule has 10 heteroatoms. The predicted molar refractivity (Wildman–Crippen MR) is 118 cm³/mol. The molecule has 2 aromatic heterocycles. The summed E-state index contributed by atoms with van der Waals surface area (Å²) in [5, 5.41) is 3.18. The summed E-state index contributed by atoms with van der Waals surface area (Å²) < 4.78 is 20.8. The molecule has 0 bridgehead atoms. The maximum Gasteiger partial charge on any atom is 0.332 e. The highest BCUT2D eigenvalue weighted by atomic mass is 16.6. The van der Waals surface area contributed by atoms with Crippen LogP contribution in [-0.4, -0.2) is 52.6 Å². The number of aromatic nitrogens is 3. The standard InChI is InChI=1S/C22H26N4O6/c1-24-20-15(21(28)25(2)22(24)29)11-16(26(20)9-6-10-30-3)19(27)23-12-14-13-31-17-7-4-5-8-18(17)32-14/h4-5,7-8,11,14H,6,9-10,12-13H2,1-3H3,(H,23,27)/t14-/m1/s1. The van der Waals surface area contributed by atoms with Gasteiger partial charge in [0.1, 0.15) is 24.1 Å². The molecule has 0 saturated heterocycles. The number of para-hydroxylation sites is 2. The van der Waals surface area contributed by atoms with Gasteiger partial charge in [-0.15, -0.1) is 0 Å². The highest BCUT2D eigenvalue weighted by Gasteiger charge is 2.24. The van der Waals surface area contributed by atoms with Crippen molar-refractivity contribution >= 4 is 16.9 Å². The zero-order valence-electron chi connectivity index (χ0n) is 18.3. The molecule has 0 radical (unpaired) electrons. The molecule has 3 aromatic rings. The molecule has 32 heavy (non-hydrogen) atoms. The second kappa shape index (κ2) is 8.91. The zero-order chi connectivity index (χ0) is 22.8. The number of carbonyl (C=O) groups is 1. The number of hydrogen-bond acceptors (Lipinski definition) is 6. The van der Waals surface area contributed by atoms with Crippen molar-refractivity contribution in [2.75, 3.05) is 26.9 Å². The molecule has 0 aliphatic carbocycles. The van der Waals surface area contributed by atoms with Crippen LogP contribution < -0.4 is 26.0 Å². The van der Waals surface area contributed by atoms with E-state index in [2.05, 4.69) is 5.32 Å². The van der Waals surface area contributed by atoms with Gasteiger partial charge in [-0.1, -0.05) is 12.1 Å². The molecule has 1 aromatic carbocycles. The number of nitrogens with one attached hydrogen (secondary N) is 1. The van der Waals surface area contributed by atoms with Gasteiger partial charge < -0.3 is 24.1 Å². The molecule has 10 nitrogen and oxygen atoms in total. The molecule has 4 rings (SSSR count). The van der Waals surface area contributed by atoms with E-state index >= 15 is 0 Å². The van der Waals surface area contributed by atoms with Gasteiger partial charge in [0.2, 0.25) is 0 Å². The van der Waals surface area contributed by atoms with Gasteiger partial charge in [-0.3, -0.25) is 18.7 Å². The molecule has 1 aliphatic rings. The minimum Gasteiger partial charge on any atom is -0.486 e. The SMILES string of the molecule is COCCCn1c(C(=O)NC[C@@H]2COc3ccccc3O2)cc2c(=O)n(C)c(=O)n(C)c21. The van der Waals surface area contributed by atoms with E-state index in [9.17, 15) is 14.4 Å². The third kappa shape index (κ3) is 3.89. The lowest BCUT2D eigenvalue weighted by Crippen LogP contribution is -2.41. The van der Waals surface area contributed by atoms with Crippen LogP contribution in [0.1, 0.15) is 16.9 Å². The second-order valence-electron chi connectivity index (χ2n) is 7.68. The van der Waals surface area contributed by atoms with E-state index in [4.69, 9.17) is 14.2 Å². The van der Waals surface area contributed by atoms with E-state index in [0.29, 0.717) is 54.4 Å². The van der Waals surface area contributed by atoms with Crippen LogP contribution in [0.15, 0.2) is 39.9 Å². The summed E-state index contributed by atoms with van der Waals surface area (Å²) in [6.45, 7) is 1.43. The lowest BCUT2D eigenvalue weighted by atomic mass is 10.2. The molecule has 0 spiro atoms. The second-order valence-corrected chi connectivity index (χ2v) is 7.68. The first kappa shape index (κ1) is 21.7. The maximum atomic E-state index is 13.1. The average molecular weight is 442 g/mol.